The molecule has 0 saturated carbocycles. The van der Waals surface area contributed by atoms with Gasteiger partial charge >= 0.3 is 6.18 Å². The number of benzene rings is 1. The summed E-state index contributed by atoms with van der Waals surface area (Å²) in [6.07, 6.45) is -3.07. The lowest BCUT2D eigenvalue weighted by molar-refractivity contribution is -0.141. The number of alkyl halides is 3. The molecule has 2 unspecified atom stereocenters. The average molecular weight is 379 g/mol. The second-order valence-electron chi connectivity index (χ2n) is 6.44. The van der Waals surface area contributed by atoms with E-state index in [4.69, 9.17) is 0 Å². The lowest BCUT2D eigenvalue weighted by Crippen LogP contribution is -2.28. The Morgan fingerprint density at radius 3 is 2.52 bits per heavy atom. The van der Waals surface area contributed by atoms with E-state index in [2.05, 4.69) is 25.9 Å². The van der Waals surface area contributed by atoms with E-state index >= 15 is 0 Å². The van der Waals surface area contributed by atoms with Crippen LogP contribution in [0.4, 0.5) is 13.2 Å². The van der Waals surface area contributed by atoms with Crippen LogP contribution in [0.2, 0.25) is 0 Å². The Morgan fingerprint density at radius 1 is 1.11 bits per heavy atom. The molecular weight excluding hydrogens is 359 g/mol. The minimum atomic E-state index is -4.42. The number of rotatable bonds is 7. The predicted octanol–water partition coefficient (Wildman–Crippen LogP) is 2.86. The molecule has 1 N–H and O–H groups in total. The van der Waals surface area contributed by atoms with Crippen LogP contribution in [-0.2, 0) is 12.7 Å². The van der Waals surface area contributed by atoms with Gasteiger partial charge in [0.15, 0.2) is 11.5 Å². The highest BCUT2D eigenvalue weighted by atomic mass is 19.4. The molecule has 2 heterocycles. The van der Waals surface area contributed by atoms with Crippen molar-refractivity contribution >= 4 is 0 Å². The van der Waals surface area contributed by atoms with Crippen molar-refractivity contribution in [2.75, 3.05) is 6.54 Å². The zero-order valence-electron chi connectivity index (χ0n) is 14.9. The third kappa shape index (κ3) is 4.70. The van der Waals surface area contributed by atoms with Crippen molar-refractivity contribution < 1.29 is 13.2 Å². The molecule has 0 aliphatic rings. The number of hydrogen-bond acceptors (Lipinski definition) is 5. The maximum atomic E-state index is 12.6. The van der Waals surface area contributed by atoms with Crippen LogP contribution in [-0.4, -0.2) is 36.5 Å². The fraction of sp³-hybridized carbons (Fsp3) is 0.412. The van der Waals surface area contributed by atoms with E-state index in [1.165, 1.54) is 10.9 Å². The van der Waals surface area contributed by atoms with E-state index in [0.29, 0.717) is 18.9 Å². The van der Waals surface area contributed by atoms with Gasteiger partial charge in [-0.25, -0.2) is 0 Å². The van der Waals surface area contributed by atoms with Crippen LogP contribution in [0.1, 0.15) is 31.4 Å². The Kier molecular flexibility index (Phi) is 5.54. The van der Waals surface area contributed by atoms with Gasteiger partial charge in [-0.05, 0) is 41.5 Å². The first-order valence-electron chi connectivity index (χ1n) is 8.52. The maximum absolute atomic E-state index is 12.6. The van der Waals surface area contributed by atoms with E-state index in [9.17, 15) is 13.2 Å². The van der Waals surface area contributed by atoms with Crippen LogP contribution in [0.15, 0.2) is 42.6 Å². The van der Waals surface area contributed by atoms with Crippen LogP contribution in [0.5, 0.6) is 0 Å². The smallest absolute Gasteiger partial charge is 0.307 e. The van der Waals surface area contributed by atoms with Gasteiger partial charge < -0.3 is 5.32 Å². The highest BCUT2D eigenvalue weighted by Gasteiger charge is 2.33. The molecule has 0 saturated heterocycles. The lowest BCUT2D eigenvalue weighted by atomic mass is 10.1. The maximum Gasteiger partial charge on any atom is 0.435 e. The molecule has 10 heteroatoms. The Hall–Kier alpha value is -2.75. The predicted molar refractivity (Wildman–Crippen MR) is 92.0 cm³/mol. The van der Waals surface area contributed by atoms with Crippen molar-refractivity contribution in [3.63, 3.8) is 0 Å². The fourth-order valence-electron chi connectivity index (χ4n) is 2.68. The minimum absolute atomic E-state index is 0.0643. The average Bonchev–Trinajstić information content (AvgIpc) is 3.29. The van der Waals surface area contributed by atoms with E-state index < -0.39 is 11.9 Å². The summed E-state index contributed by atoms with van der Waals surface area (Å²) in [5, 5.41) is 18.8. The SMILES string of the molecule is CC(CNC(C)c1nnnn1-c1ccccc1)Cn1ccc(C(F)(F)F)n1. The number of para-hydroxylation sites is 1. The number of aromatic nitrogens is 6. The number of nitrogens with one attached hydrogen (secondary N) is 1. The second-order valence-corrected chi connectivity index (χ2v) is 6.44. The van der Waals surface area contributed by atoms with Gasteiger partial charge in [-0.15, -0.1) is 5.10 Å². The first-order chi connectivity index (χ1) is 12.8. The third-order valence-corrected chi connectivity index (χ3v) is 4.08. The van der Waals surface area contributed by atoms with Gasteiger partial charge in [-0.2, -0.15) is 23.0 Å². The normalized spacial score (nSPS) is 14.3. The van der Waals surface area contributed by atoms with E-state index in [-0.39, 0.29) is 12.0 Å². The topological polar surface area (TPSA) is 73.5 Å². The number of hydrogen-bond donors (Lipinski definition) is 1. The van der Waals surface area contributed by atoms with Crippen LogP contribution in [0, 0.1) is 5.92 Å². The molecule has 0 spiro atoms. The molecule has 3 aromatic rings. The Morgan fingerprint density at radius 2 is 1.85 bits per heavy atom. The monoisotopic (exact) mass is 379 g/mol. The van der Waals surface area contributed by atoms with Crippen molar-refractivity contribution in [3.05, 3.63) is 54.1 Å². The molecule has 2 atom stereocenters. The molecule has 144 valence electrons. The molecule has 3 rings (SSSR count). The Balaban J connectivity index is 1.57. The van der Waals surface area contributed by atoms with Gasteiger partial charge in [0.2, 0.25) is 0 Å². The summed E-state index contributed by atoms with van der Waals surface area (Å²) in [5.74, 6) is 0.723. The van der Waals surface area contributed by atoms with E-state index in [1.54, 1.807) is 4.68 Å². The van der Waals surface area contributed by atoms with Gasteiger partial charge in [0.1, 0.15) is 0 Å². The number of tetrazole rings is 1. The molecule has 0 aliphatic carbocycles. The van der Waals surface area contributed by atoms with Gasteiger partial charge in [-0.1, -0.05) is 25.1 Å². The van der Waals surface area contributed by atoms with Crippen molar-refractivity contribution in [2.24, 2.45) is 5.92 Å². The summed E-state index contributed by atoms with van der Waals surface area (Å²) >= 11 is 0. The van der Waals surface area contributed by atoms with Crippen molar-refractivity contribution in [2.45, 2.75) is 32.6 Å². The lowest BCUT2D eigenvalue weighted by Gasteiger charge is -2.17. The third-order valence-electron chi connectivity index (χ3n) is 4.08. The Bertz CT molecular complexity index is 857. The molecule has 7 nitrogen and oxygen atoms in total. The summed E-state index contributed by atoms with van der Waals surface area (Å²) in [6.45, 7) is 4.83. The summed E-state index contributed by atoms with van der Waals surface area (Å²) in [7, 11) is 0. The molecule has 2 aromatic heterocycles. The van der Waals surface area contributed by atoms with Crippen molar-refractivity contribution in [3.8, 4) is 5.69 Å². The molecule has 0 aliphatic heterocycles. The molecule has 27 heavy (non-hydrogen) atoms. The summed E-state index contributed by atoms with van der Waals surface area (Å²) in [6, 6.07) is 10.4. The van der Waals surface area contributed by atoms with Crippen LogP contribution < -0.4 is 5.32 Å². The molecule has 1 aromatic carbocycles. The van der Waals surface area contributed by atoms with Gasteiger partial charge in [0.05, 0.1) is 11.7 Å². The van der Waals surface area contributed by atoms with E-state index in [0.717, 1.165) is 11.8 Å². The van der Waals surface area contributed by atoms with Gasteiger partial charge in [0.25, 0.3) is 0 Å². The number of halogens is 3. The Labute approximate surface area is 154 Å². The van der Waals surface area contributed by atoms with Gasteiger partial charge in [-0.3, -0.25) is 4.68 Å². The molecule has 0 radical (unpaired) electrons. The molecular formula is C17H20F3N7. The zero-order valence-corrected chi connectivity index (χ0v) is 14.9. The summed E-state index contributed by atoms with van der Waals surface area (Å²) in [5.41, 5.74) is -0.0199. The van der Waals surface area contributed by atoms with Crippen LogP contribution >= 0.6 is 0 Å². The quantitative estimate of drug-likeness (QED) is 0.683. The van der Waals surface area contributed by atoms with E-state index in [1.807, 2.05) is 44.2 Å². The summed E-state index contributed by atoms with van der Waals surface area (Å²) < 4.78 is 40.8. The van der Waals surface area contributed by atoms with Crippen molar-refractivity contribution in [1.29, 1.82) is 0 Å². The molecule has 0 bridgehead atoms. The molecule has 0 amide bonds. The van der Waals surface area contributed by atoms with Crippen LogP contribution in [0.25, 0.3) is 5.69 Å². The highest BCUT2D eigenvalue weighted by molar-refractivity contribution is 5.30. The van der Waals surface area contributed by atoms with Crippen molar-refractivity contribution in [1.82, 2.24) is 35.3 Å². The zero-order chi connectivity index (χ0) is 19.4. The summed E-state index contributed by atoms with van der Waals surface area (Å²) in [4.78, 5) is 0. The fourth-order valence-corrected chi connectivity index (χ4v) is 2.68. The van der Waals surface area contributed by atoms with Gasteiger partial charge in [0, 0.05) is 19.3 Å². The first-order valence-corrected chi connectivity index (χ1v) is 8.52. The highest BCUT2D eigenvalue weighted by Crippen LogP contribution is 2.27. The first kappa shape index (κ1) is 19.0. The number of nitrogens with zero attached hydrogens (tertiary/aromatic N) is 6. The minimum Gasteiger partial charge on any atom is -0.307 e. The second kappa shape index (κ2) is 7.87. The standard InChI is InChI=1S/C17H20F3N7/c1-12(11-26-9-8-15(23-26)17(18,19)20)10-21-13(2)16-22-24-25-27(16)14-6-4-3-5-7-14/h3-9,12-13,21H,10-11H2,1-2H3. The van der Waals surface area contributed by atoms with Crippen LogP contribution in [0.3, 0.4) is 0 Å². The largest absolute Gasteiger partial charge is 0.435 e. The molecule has 0 fully saturated rings.